The third-order valence-corrected chi connectivity index (χ3v) is 4.41. The second-order valence-electron chi connectivity index (χ2n) is 6.20. The summed E-state index contributed by atoms with van der Waals surface area (Å²) < 4.78 is 46.6. The molecule has 0 spiro atoms. The molecule has 1 amide bonds. The number of aromatic nitrogens is 1. The molecule has 1 aromatic heterocycles. The van der Waals surface area contributed by atoms with Crippen LogP contribution in [-0.2, 0) is 9.53 Å². The van der Waals surface area contributed by atoms with Crippen LogP contribution >= 0.6 is 23.2 Å². The monoisotopic (exact) mass is 450 g/mol. The lowest BCUT2D eigenvalue weighted by Gasteiger charge is -2.30. The Morgan fingerprint density at radius 3 is 2.28 bits per heavy atom. The minimum atomic E-state index is -5.28. The highest BCUT2D eigenvalue weighted by atomic mass is 35.5. The number of aryl methyl sites for hydroxylation is 2. The van der Waals surface area contributed by atoms with Gasteiger partial charge in [0.15, 0.2) is 0 Å². The fourth-order valence-corrected chi connectivity index (χ4v) is 3.11. The Morgan fingerprint density at radius 1 is 1.10 bits per heavy atom. The zero-order chi connectivity index (χ0) is 22.0. The summed E-state index contributed by atoms with van der Waals surface area (Å²) in [6.07, 6.45) is -5.28. The van der Waals surface area contributed by atoms with Crippen LogP contribution in [0.2, 0.25) is 10.0 Å². The Bertz CT molecular complexity index is 933. The van der Waals surface area contributed by atoms with Crippen molar-refractivity contribution >= 4 is 40.9 Å². The number of hydrogen-bond donors (Lipinski definition) is 2. The van der Waals surface area contributed by atoms with E-state index >= 15 is 0 Å². The first kappa shape index (κ1) is 22.8. The summed E-state index contributed by atoms with van der Waals surface area (Å²) in [4.78, 5) is 27.5. The van der Waals surface area contributed by atoms with Gasteiger partial charge in [-0.25, -0.2) is 15.1 Å². The Balaban J connectivity index is 2.56. The predicted molar refractivity (Wildman–Crippen MR) is 101 cm³/mol. The fourth-order valence-electron chi connectivity index (χ4n) is 2.62. The van der Waals surface area contributed by atoms with Crippen LogP contribution in [0, 0.1) is 13.8 Å². The molecule has 0 aliphatic rings. The Hall–Kier alpha value is -2.52. The number of H-pyrrole nitrogens is 1. The minimum Gasteiger partial charge on any atom is -0.464 e. The van der Waals surface area contributed by atoms with Gasteiger partial charge in [0.25, 0.3) is 11.7 Å². The number of halogens is 5. The molecule has 1 atom stereocenters. The maximum Gasteiger partial charge on any atom is 0.464 e. The number of methoxy groups -OCH3 is 1. The van der Waals surface area contributed by atoms with Crippen LogP contribution in [0.3, 0.4) is 0 Å². The van der Waals surface area contributed by atoms with Gasteiger partial charge in [-0.1, -0.05) is 23.2 Å². The van der Waals surface area contributed by atoms with Crippen LogP contribution in [-0.4, -0.2) is 30.8 Å². The molecule has 0 saturated heterocycles. The molecule has 1 aromatic carbocycles. The number of aromatic amines is 1. The summed E-state index contributed by atoms with van der Waals surface area (Å²) in [5, 5.41) is 3.73. The number of carbonyl (C=O) groups excluding carboxylic acids is 2. The van der Waals surface area contributed by atoms with Crippen LogP contribution in [0.1, 0.15) is 21.6 Å². The van der Waals surface area contributed by atoms with Crippen molar-refractivity contribution in [2.24, 2.45) is 0 Å². The smallest absolute Gasteiger partial charge is 0.464 e. The van der Waals surface area contributed by atoms with Crippen LogP contribution in [0.25, 0.3) is 0 Å². The Kier molecular flexibility index (Phi) is 6.64. The maximum atomic E-state index is 14.1. The number of nitrogens with one attached hydrogen (secondary N) is 3. The van der Waals surface area contributed by atoms with E-state index in [1.54, 1.807) is 25.2 Å². The van der Waals surface area contributed by atoms with Gasteiger partial charge in [0, 0.05) is 11.1 Å². The molecular formula is C18H17Cl2F3N3O3+. The molecule has 156 valence electrons. The van der Waals surface area contributed by atoms with E-state index in [2.05, 4.69) is 9.72 Å². The summed E-state index contributed by atoms with van der Waals surface area (Å²) in [5.41, 5.74) is -2.74. The minimum absolute atomic E-state index is 0.160. The van der Waals surface area contributed by atoms with Gasteiger partial charge in [0.05, 0.1) is 23.4 Å². The Labute approximate surface area is 174 Å². The van der Waals surface area contributed by atoms with Crippen LogP contribution < -0.4 is 15.6 Å². The number of alkyl halides is 3. The van der Waals surface area contributed by atoms with Gasteiger partial charge in [0.1, 0.15) is 0 Å². The van der Waals surface area contributed by atoms with Gasteiger partial charge in [-0.05, 0) is 43.7 Å². The van der Waals surface area contributed by atoms with Crippen molar-refractivity contribution in [2.75, 3.05) is 12.4 Å². The molecule has 0 saturated carbocycles. The maximum absolute atomic E-state index is 14.1. The van der Waals surface area contributed by atoms with Gasteiger partial charge in [0.2, 0.25) is 0 Å². The lowest BCUT2D eigenvalue weighted by molar-refractivity contribution is -0.372. The summed E-state index contributed by atoms with van der Waals surface area (Å²) in [5.74, 6) is -3.19. The highest BCUT2D eigenvalue weighted by Crippen LogP contribution is 2.33. The summed E-state index contributed by atoms with van der Waals surface area (Å²) in [6, 6.07) is 6.64. The van der Waals surface area contributed by atoms with Gasteiger partial charge in [-0.3, -0.25) is 10.1 Å². The largest absolute Gasteiger partial charge is 0.464 e. The summed E-state index contributed by atoms with van der Waals surface area (Å²) >= 11 is 11.7. The normalized spacial score (nSPS) is 13.4. The molecule has 0 unspecified atom stereocenters. The third kappa shape index (κ3) is 4.91. The number of rotatable bonds is 5. The van der Waals surface area contributed by atoms with E-state index in [1.807, 2.05) is 5.32 Å². The highest BCUT2D eigenvalue weighted by molar-refractivity contribution is 6.36. The quantitative estimate of drug-likeness (QED) is 0.537. The molecule has 2 aromatic rings. The molecule has 0 aliphatic carbocycles. The molecule has 11 heteroatoms. The van der Waals surface area contributed by atoms with Crippen molar-refractivity contribution < 1.29 is 32.5 Å². The molecule has 3 N–H and O–H groups in total. The van der Waals surface area contributed by atoms with Crippen LogP contribution in [0.4, 0.5) is 19.0 Å². The standard InChI is InChI=1S/C18H16Cl2F3N3O3/c1-9-6-10(2)24-14(7-9)25-17(16(28)29-3,18(21,22)23)26-15(27)12-5-4-11(19)8-13(12)20/h4-8H,1-3H3,(H,24,25)(H,26,27)/p+1/t17-/m1/s1. The second kappa shape index (κ2) is 8.46. The number of ether oxygens (including phenoxy) is 1. The van der Waals surface area contributed by atoms with Crippen molar-refractivity contribution in [3.8, 4) is 0 Å². The van der Waals surface area contributed by atoms with E-state index in [9.17, 15) is 22.8 Å². The first-order valence-electron chi connectivity index (χ1n) is 8.11. The molecule has 0 fully saturated rings. The zero-order valence-electron chi connectivity index (χ0n) is 15.5. The predicted octanol–water partition coefficient (Wildman–Crippen LogP) is 3.70. The molecule has 2 rings (SSSR count). The molecule has 0 radical (unpaired) electrons. The number of amides is 1. The number of anilines is 1. The van der Waals surface area contributed by atoms with E-state index in [1.165, 1.54) is 18.2 Å². The van der Waals surface area contributed by atoms with Gasteiger partial charge < -0.3 is 4.74 Å². The second-order valence-corrected chi connectivity index (χ2v) is 7.04. The van der Waals surface area contributed by atoms with E-state index < -0.39 is 23.7 Å². The highest BCUT2D eigenvalue weighted by Gasteiger charge is 2.67. The SMILES string of the molecule is COC(=O)[C@](NC(=O)c1ccc(Cl)cc1Cl)(Nc1cc(C)cc(C)[nH+]1)C(F)(F)F. The number of hydrogen-bond acceptors (Lipinski definition) is 4. The number of carbonyl (C=O) groups is 2. The van der Waals surface area contributed by atoms with Crippen molar-refractivity contribution in [1.82, 2.24) is 5.32 Å². The van der Waals surface area contributed by atoms with Crippen molar-refractivity contribution in [1.29, 1.82) is 0 Å². The van der Waals surface area contributed by atoms with E-state index in [0.717, 1.165) is 13.2 Å². The van der Waals surface area contributed by atoms with E-state index in [4.69, 9.17) is 23.2 Å². The number of esters is 1. The molecule has 29 heavy (non-hydrogen) atoms. The Morgan fingerprint density at radius 2 is 1.76 bits per heavy atom. The lowest BCUT2D eigenvalue weighted by Crippen LogP contribution is -2.69. The summed E-state index contributed by atoms with van der Waals surface area (Å²) in [6.45, 7) is 3.28. The van der Waals surface area contributed by atoms with Gasteiger partial charge in [-0.2, -0.15) is 13.2 Å². The van der Waals surface area contributed by atoms with E-state index in [0.29, 0.717) is 11.3 Å². The number of pyridine rings is 1. The average molecular weight is 451 g/mol. The fraction of sp³-hybridized carbons (Fsp3) is 0.278. The van der Waals surface area contributed by atoms with Crippen molar-refractivity contribution in [2.45, 2.75) is 25.7 Å². The number of benzene rings is 1. The van der Waals surface area contributed by atoms with Gasteiger partial charge >= 0.3 is 17.8 Å². The van der Waals surface area contributed by atoms with Gasteiger partial charge in [-0.15, -0.1) is 0 Å². The van der Waals surface area contributed by atoms with E-state index in [-0.39, 0.29) is 21.4 Å². The average Bonchev–Trinajstić information content (AvgIpc) is 2.58. The molecule has 0 aliphatic heterocycles. The molecular weight excluding hydrogens is 434 g/mol. The summed E-state index contributed by atoms with van der Waals surface area (Å²) in [7, 11) is 0.775. The van der Waals surface area contributed by atoms with Crippen LogP contribution in [0.15, 0.2) is 30.3 Å². The first-order chi connectivity index (χ1) is 13.4. The first-order valence-corrected chi connectivity index (χ1v) is 8.86. The lowest BCUT2D eigenvalue weighted by atomic mass is 10.1. The molecule has 6 nitrogen and oxygen atoms in total. The third-order valence-electron chi connectivity index (χ3n) is 3.86. The van der Waals surface area contributed by atoms with Crippen molar-refractivity contribution in [3.05, 3.63) is 57.2 Å². The topological polar surface area (TPSA) is 81.6 Å². The van der Waals surface area contributed by atoms with Crippen LogP contribution in [0.5, 0.6) is 0 Å². The van der Waals surface area contributed by atoms with Crippen molar-refractivity contribution in [3.63, 3.8) is 0 Å². The molecule has 0 bridgehead atoms. The zero-order valence-corrected chi connectivity index (χ0v) is 17.0. The molecule has 1 heterocycles.